The van der Waals surface area contributed by atoms with E-state index in [1.54, 1.807) is 0 Å². The fourth-order valence-electron chi connectivity index (χ4n) is 3.87. The van der Waals surface area contributed by atoms with Crippen LogP contribution in [0.25, 0.3) is 5.57 Å². The first-order valence-electron chi connectivity index (χ1n) is 9.66. The number of β-amino-alcohol motifs (C(OH)–C–C–N with tert-alkyl or cyclic N) is 1. The molecule has 28 heavy (non-hydrogen) atoms. The van der Waals surface area contributed by atoms with Crippen LogP contribution in [0, 0.1) is 5.82 Å². The maximum absolute atomic E-state index is 13.7. The highest BCUT2D eigenvalue weighted by Crippen LogP contribution is 2.49. The van der Waals surface area contributed by atoms with Crippen molar-refractivity contribution in [3.63, 3.8) is 0 Å². The van der Waals surface area contributed by atoms with Crippen molar-refractivity contribution < 1.29 is 14.2 Å². The predicted octanol–water partition coefficient (Wildman–Crippen LogP) is 4.03. The molecular weight excluding hydrogens is 399 g/mol. The Balaban J connectivity index is 1.45. The minimum absolute atomic E-state index is 0.226. The molecule has 0 spiro atoms. The number of aliphatic hydroxyl groups excluding tert-OH is 1. The summed E-state index contributed by atoms with van der Waals surface area (Å²) in [6.07, 6.45) is 5.59. The van der Waals surface area contributed by atoms with E-state index < -0.39 is 0 Å². The number of hydrogen-bond acceptors (Lipinski definition) is 5. The third kappa shape index (κ3) is 4.47. The number of thioether (sulfide) groups is 1. The number of benzene rings is 1. The first-order valence-corrected chi connectivity index (χ1v) is 10.9. The van der Waals surface area contributed by atoms with Gasteiger partial charge in [-0.25, -0.2) is 4.39 Å². The van der Waals surface area contributed by atoms with E-state index in [-0.39, 0.29) is 12.4 Å². The molecule has 1 saturated heterocycles. The van der Waals surface area contributed by atoms with Crippen molar-refractivity contribution in [2.45, 2.75) is 12.8 Å². The number of fused-ring (bicyclic) bond motifs is 2. The van der Waals surface area contributed by atoms with E-state index >= 15 is 0 Å². The van der Waals surface area contributed by atoms with Gasteiger partial charge in [0.1, 0.15) is 17.3 Å². The van der Waals surface area contributed by atoms with Gasteiger partial charge in [-0.2, -0.15) is 0 Å². The fourth-order valence-corrected chi connectivity index (χ4v) is 5.04. The summed E-state index contributed by atoms with van der Waals surface area (Å²) in [5.74, 6) is 1.04. The molecule has 0 aromatic heterocycles. The molecule has 0 saturated carbocycles. The predicted molar refractivity (Wildman–Crippen MR) is 113 cm³/mol. The molecule has 0 radical (unpaired) electrons. The maximum Gasteiger partial charge on any atom is 0.141 e. The van der Waals surface area contributed by atoms with E-state index in [2.05, 4.69) is 9.80 Å². The Labute approximate surface area is 174 Å². The fraction of sp³-hybridized carbons (Fsp3) is 0.429. The van der Waals surface area contributed by atoms with Gasteiger partial charge in [-0.05, 0) is 49.2 Å². The number of nitrogens with zero attached hydrogens (tertiary/aromatic N) is 2. The van der Waals surface area contributed by atoms with Crippen molar-refractivity contribution in [1.29, 1.82) is 0 Å². The first-order chi connectivity index (χ1) is 13.6. The summed E-state index contributed by atoms with van der Waals surface area (Å²) >= 11 is 7.76. The van der Waals surface area contributed by atoms with Gasteiger partial charge in [0.05, 0.1) is 15.9 Å². The molecule has 3 aliphatic heterocycles. The highest BCUT2D eigenvalue weighted by Gasteiger charge is 2.27. The molecule has 3 heterocycles. The summed E-state index contributed by atoms with van der Waals surface area (Å²) in [4.78, 5) is 5.81. The zero-order valence-corrected chi connectivity index (χ0v) is 17.2. The highest BCUT2D eigenvalue weighted by molar-refractivity contribution is 8.08. The summed E-state index contributed by atoms with van der Waals surface area (Å²) in [6, 6.07) is 4.75. The molecule has 0 amide bonds. The average Bonchev–Trinajstić information content (AvgIpc) is 2.69. The van der Waals surface area contributed by atoms with Crippen molar-refractivity contribution in [2.75, 3.05) is 45.9 Å². The molecule has 3 aliphatic rings. The third-order valence-corrected chi connectivity index (χ3v) is 6.67. The van der Waals surface area contributed by atoms with Crippen LogP contribution in [0.2, 0.25) is 0 Å². The minimum Gasteiger partial charge on any atom is -0.455 e. The Morgan fingerprint density at radius 3 is 2.61 bits per heavy atom. The largest absolute Gasteiger partial charge is 0.455 e. The second-order valence-electron chi connectivity index (χ2n) is 7.16. The number of piperazine rings is 1. The number of allylic oxidation sites excluding steroid dienone is 3. The zero-order chi connectivity index (χ0) is 19.5. The molecule has 4 nitrogen and oxygen atoms in total. The smallest absolute Gasteiger partial charge is 0.141 e. The van der Waals surface area contributed by atoms with Crippen molar-refractivity contribution in [1.82, 2.24) is 9.80 Å². The summed E-state index contributed by atoms with van der Waals surface area (Å²) in [7, 11) is 0. The van der Waals surface area contributed by atoms with Crippen molar-refractivity contribution >= 4 is 28.9 Å². The Morgan fingerprint density at radius 1 is 1.11 bits per heavy atom. The van der Waals surface area contributed by atoms with Gasteiger partial charge < -0.3 is 14.7 Å². The van der Waals surface area contributed by atoms with Crippen LogP contribution in [0.5, 0.6) is 5.75 Å². The van der Waals surface area contributed by atoms with Crippen LogP contribution in [0.3, 0.4) is 0 Å². The molecule has 1 aromatic carbocycles. The summed E-state index contributed by atoms with van der Waals surface area (Å²) in [5, 5.41) is 9.07. The zero-order valence-electron chi connectivity index (χ0n) is 15.7. The Kier molecular flexibility index (Phi) is 6.43. The second-order valence-corrected chi connectivity index (χ2v) is 8.85. The first kappa shape index (κ1) is 20.0. The van der Waals surface area contributed by atoms with Gasteiger partial charge in [0.2, 0.25) is 0 Å². The number of aliphatic hydroxyl groups is 1. The molecule has 7 heteroatoms. The normalized spacial score (nSPS) is 20.2. The van der Waals surface area contributed by atoms with Crippen LogP contribution < -0.4 is 4.74 Å². The standard InChI is InChI=1S/C21H24ClFN2O2S/c22-20-6-5-18-21(28-20)17(16-4-3-15(23)14-19(16)27-18)2-1-7-24-8-10-25(11-9-24)12-13-26/h3-6,14,26H,1-2,7-13H2. The monoisotopic (exact) mass is 422 g/mol. The molecule has 150 valence electrons. The molecule has 1 N–H and O–H groups in total. The Bertz CT molecular complexity index is 832. The topological polar surface area (TPSA) is 35.9 Å². The van der Waals surface area contributed by atoms with E-state index in [9.17, 15) is 4.39 Å². The van der Waals surface area contributed by atoms with Gasteiger partial charge in [-0.15, -0.1) is 0 Å². The van der Waals surface area contributed by atoms with E-state index in [4.69, 9.17) is 21.4 Å². The van der Waals surface area contributed by atoms with Crippen LogP contribution in [0.15, 0.2) is 45.4 Å². The quantitative estimate of drug-likeness (QED) is 0.748. The molecule has 4 rings (SSSR count). The molecule has 1 aromatic rings. The van der Waals surface area contributed by atoms with E-state index in [0.29, 0.717) is 10.1 Å². The number of rotatable bonds is 6. The van der Waals surface area contributed by atoms with Gasteiger partial charge in [-0.3, -0.25) is 4.90 Å². The van der Waals surface area contributed by atoms with Gasteiger partial charge in [-0.1, -0.05) is 23.4 Å². The lowest BCUT2D eigenvalue weighted by atomic mass is 9.96. The maximum atomic E-state index is 13.7. The average molecular weight is 423 g/mol. The number of halogens is 2. The van der Waals surface area contributed by atoms with E-state index in [1.807, 2.05) is 18.2 Å². The SMILES string of the molecule is OCCN1CCN(CCCC2=C3SC(Cl)=CC=C3Oc3cc(F)ccc32)CC1. The molecular formula is C21H24ClFN2O2S. The minimum atomic E-state index is -0.292. The van der Waals surface area contributed by atoms with Gasteiger partial charge >= 0.3 is 0 Å². The molecule has 0 bridgehead atoms. The van der Waals surface area contributed by atoms with Crippen LogP contribution in [0.4, 0.5) is 4.39 Å². The van der Waals surface area contributed by atoms with Gasteiger partial charge in [0.25, 0.3) is 0 Å². The molecule has 0 aliphatic carbocycles. The van der Waals surface area contributed by atoms with Gasteiger partial charge in [0, 0.05) is 44.4 Å². The summed E-state index contributed by atoms with van der Waals surface area (Å²) in [6.45, 7) is 6.09. The Hall–Kier alpha value is -1.31. The molecule has 1 fully saturated rings. The highest BCUT2D eigenvalue weighted by atomic mass is 35.5. The van der Waals surface area contributed by atoms with E-state index in [0.717, 1.165) is 68.3 Å². The van der Waals surface area contributed by atoms with Crippen molar-refractivity contribution in [3.05, 3.63) is 56.8 Å². The summed E-state index contributed by atoms with van der Waals surface area (Å²) in [5.41, 5.74) is 2.14. The lowest BCUT2D eigenvalue weighted by molar-refractivity contribution is 0.112. The Morgan fingerprint density at radius 2 is 1.86 bits per heavy atom. The van der Waals surface area contributed by atoms with E-state index in [1.165, 1.54) is 29.5 Å². The summed E-state index contributed by atoms with van der Waals surface area (Å²) < 4.78 is 20.4. The lowest BCUT2D eigenvalue weighted by Gasteiger charge is -2.34. The van der Waals surface area contributed by atoms with Crippen LogP contribution in [0.1, 0.15) is 18.4 Å². The van der Waals surface area contributed by atoms with Crippen LogP contribution in [-0.2, 0) is 0 Å². The number of ether oxygens (including phenoxy) is 1. The second kappa shape index (κ2) is 9.01. The van der Waals surface area contributed by atoms with Crippen molar-refractivity contribution in [2.24, 2.45) is 0 Å². The van der Waals surface area contributed by atoms with Gasteiger partial charge in [0.15, 0.2) is 0 Å². The van der Waals surface area contributed by atoms with Crippen LogP contribution >= 0.6 is 23.4 Å². The number of hydrogen-bond donors (Lipinski definition) is 1. The lowest BCUT2D eigenvalue weighted by Crippen LogP contribution is -2.47. The van der Waals surface area contributed by atoms with Crippen molar-refractivity contribution in [3.8, 4) is 5.75 Å². The molecule has 0 atom stereocenters. The third-order valence-electron chi connectivity index (χ3n) is 5.33. The molecule has 0 unspecified atom stereocenters. The van der Waals surface area contributed by atoms with Crippen LogP contribution in [-0.4, -0.2) is 60.8 Å².